The lowest BCUT2D eigenvalue weighted by atomic mass is 9.83. The standard InChI is InChI=1S/C13H15BrClFO4S/c14-11-7-10(16)1-2-12(11)20-8-13(9-21(15,17)18)3-5-19-6-4-13/h1-2,7H,3-6,8-9H2. The van der Waals surface area contributed by atoms with Gasteiger partial charge < -0.3 is 9.47 Å². The molecule has 8 heteroatoms. The molecule has 118 valence electrons. The lowest BCUT2D eigenvalue weighted by Crippen LogP contribution is -2.40. The highest BCUT2D eigenvalue weighted by Crippen LogP contribution is 2.35. The fourth-order valence-corrected chi connectivity index (χ4v) is 4.59. The smallest absolute Gasteiger partial charge is 0.233 e. The highest BCUT2D eigenvalue weighted by Gasteiger charge is 2.37. The number of benzene rings is 1. The maximum Gasteiger partial charge on any atom is 0.233 e. The molecule has 2 rings (SSSR count). The van der Waals surface area contributed by atoms with Crippen molar-refractivity contribution in [1.82, 2.24) is 0 Å². The molecule has 1 aliphatic rings. The van der Waals surface area contributed by atoms with Crippen LogP contribution in [-0.4, -0.2) is 34.0 Å². The van der Waals surface area contributed by atoms with E-state index in [1.54, 1.807) is 0 Å². The third-order valence-electron chi connectivity index (χ3n) is 3.46. The molecule has 1 fully saturated rings. The predicted octanol–water partition coefficient (Wildman–Crippen LogP) is 3.33. The summed E-state index contributed by atoms with van der Waals surface area (Å²) >= 11 is 3.22. The summed E-state index contributed by atoms with van der Waals surface area (Å²) in [5, 5.41) is 0. The Bertz CT molecular complexity index is 602. The number of halogens is 3. The molecular formula is C13H15BrClFO4S. The lowest BCUT2D eigenvalue weighted by molar-refractivity contribution is 0.00213. The molecule has 0 bridgehead atoms. The first-order valence-electron chi connectivity index (χ1n) is 6.38. The highest BCUT2D eigenvalue weighted by molar-refractivity contribution is 9.10. The molecule has 0 radical (unpaired) electrons. The van der Waals surface area contributed by atoms with E-state index in [0.717, 1.165) is 0 Å². The van der Waals surface area contributed by atoms with Gasteiger partial charge in [-0.3, -0.25) is 0 Å². The first-order valence-corrected chi connectivity index (χ1v) is 9.65. The van der Waals surface area contributed by atoms with Gasteiger partial charge in [-0.1, -0.05) is 0 Å². The molecule has 1 aromatic carbocycles. The van der Waals surface area contributed by atoms with Crippen LogP contribution in [0.4, 0.5) is 4.39 Å². The average Bonchev–Trinajstić information content (AvgIpc) is 2.37. The fourth-order valence-electron chi connectivity index (χ4n) is 2.32. The van der Waals surface area contributed by atoms with Gasteiger partial charge in [0.1, 0.15) is 11.6 Å². The first-order chi connectivity index (χ1) is 9.80. The predicted molar refractivity (Wildman–Crippen MR) is 81.7 cm³/mol. The molecule has 0 saturated carbocycles. The number of ether oxygens (including phenoxy) is 2. The summed E-state index contributed by atoms with van der Waals surface area (Å²) in [5.41, 5.74) is -0.577. The Balaban J connectivity index is 2.12. The molecule has 21 heavy (non-hydrogen) atoms. The van der Waals surface area contributed by atoms with Crippen LogP contribution >= 0.6 is 26.6 Å². The monoisotopic (exact) mass is 400 g/mol. The Morgan fingerprint density at radius 2 is 2.05 bits per heavy atom. The summed E-state index contributed by atoms with van der Waals surface area (Å²) in [6.07, 6.45) is 1.11. The summed E-state index contributed by atoms with van der Waals surface area (Å²) in [6, 6.07) is 4.08. The van der Waals surface area contributed by atoms with Gasteiger partial charge in [0.05, 0.1) is 16.8 Å². The SMILES string of the molecule is O=S(=O)(Cl)CC1(COc2ccc(F)cc2Br)CCOCC1. The number of hydrogen-bond donors (Lipinski definition) is 0. The zero-order chi connectivity index (χ0) is 15.5. The Hall–Kier alpha value is -0.370. The van der Waals surface area contributed by atoms with Crippen LogP contribution in [0.3, 0.4) is 0 Å². The Kier molecular flexibility index (Phi) is 5.51. The summed E-state index contributed by atoms with van der Waals surface area (Å²) in [7, 11) is 1.77. The van der Waals surface area contributed by atoms with Crippen LogP contribution in [0.5, 0.6) is 5.75 Å². The van der Waals surface area contributed by atoms with Gasteiger partial charge in [0.2, 0.25) is 9.05 Å². The van der Waals surface area contributed by atoms with E-state index in [4.69, 9.17) is 20.2 Å². The molecule has 0 atom stereocenters. The zero-order valence-electron chi connectivity index (χ0n) is 11.1. The minimum atomic E-state index is -3.64. The van der Waals surface area contributed by atoms with Gasteiger partial charge in [-0.05, 0) is 47.0 Å². The summed E-state index contributed by atoms with van der Waals surface area (Å²) in [5.74, 6) is -0.0726. The van der Waals surface area contributed by atoms with Crippen LogP contribution in [-0.2, 0) is 13.8 Å². The Morgan fingerprint density at radius 3 is 2.62 bits per heavy atom. The third kappa shape index (κ3) is 5.09. The lowest BCUT2D eigenvalue weighted by Gasteiger charge is -2.35. The van der Waals surface area contributed by atoms with Crippen molar-refractivity contribution in [2.45, 2.75) is 12.8 Å². The second-order valence-corrected chi connectivity index (χ2v) is 8.79. The van der Waals surface area contributed by atoms with Crippen LogP contribution in [0.15, 0.2) is 22.7 Å². The fraction of sp³-hybridized carbons (Fsp3) is 0.538. The maximum absolute atomic E-state index is 13.0. The molecule has 1 saturated heterocycles. The molecule has 0 aliphatic carbocycles. The van der Waals surface area contributed by atoms with Crippen molar-refractivity contribution in [2.75, 3.05) is 25.6 Å². The topological polar surface area (TPSA) is 52.6 Å². The molecular weight excluding hydrogens is 387 g/mol. The van der Waals surface area contributed by atoms with Crippen LogP contribution in [0.2, 0.25) is 0 Å². The van der Waals surface area contributed by atoms with Gasteiger partial charge in [-0.15, -0.1) is 0 Å². The molecule has 4 nitrogen and oxygen atoms in total. The van der Waals surface area contributed by atoms with Gasteiger partial charge >= 0.3 is 0 Å². The second kappa shape index (κ2) is 6.81. The molecule has 0 aromatic heterocycles. The van der Waals surface area contributed by atoms with Crippen molar-refractivity contribution in [3.05, 3.63) is 28.5 Å². The Morgan fingerprint density at radius 1 is 1.38 bits per heavy atom. The molecule has 0 N–H and O–H groups in total. The summed E-state index contributed by atoms with van der Waals surface area (Å²) < 4.78 is 47.4. The van der Waals surface area contributed by atoms with Crippen molar-refractivity contribution in [3.63, 3.8) is 0 Å². The largest absolute Gasteiger partial charge is 0.492 e. The molecule has 0 spiro atoms. The van der Waals surface area contributed by atoms with Crippen LogP contribution in [0.1, 0.15) is 12.8 Å². The van der Waals surface area contributed by atoms with Crippen molar-refractivity contribution < 1.29 is 22.3 Å². The van der Waals surface area contributed by atoms with E-state index in [1.165, 1.54) is 18.2 Å². The Labute approximate surface area is 136 Å². The summed E-state index contributed by atoms with van der Waals surface area (Å²) in [6.45, 7) is 1.13. The van der Waals surface area contributed by atoms with Crippen LogP contribution in [0, 0.1) is 11.2 Å². The van der Waals surface area contributed by atoms with E-state index in [2.05, 4.69) is 15.9 Å². The van der Waals surface area contributed by atoms with Crippen molar-refractivity contribution in [1.29, 1.82) is 0 Å². The number of hydrogen-bond acceptors (Lipinski definition) is 4. The van der Waals surface area contributed by atoms with Crippen molar-refractivity contribution >= 4 is 35.7 Å². The van der Waals surface area contributed by atoms with E-state index < -0.39 is 14.5 Å². The van der Waals surface area contributed by atoms with Crippen LogP contribution < -0.4 is 4.74 Å². The normalized spacial score (nSPS) is 18.4. The van der Waals surface area contributed by atoms with Gasteiger partial charge in [-0.25, -0.2) is 12.8 Å². The van der Waals surface area contributed by atoms with E-state index in [1.807, 2.05) is 0 Å². The minimum Gasteiger partial charge on any atom is -0.492 e. The van der Waals surface area contributed by atoms with Crippen molar-refractivity contribution in [2.24, 2.45) is 5.41 Å². The maximum atomic E-state index is 13.0. The van der Waals surface area contributed by atoms with E-state index in [9.17, 15) is 12.8 Å². The quantitative estimate of drug-likeness (QED) is 0.710. The first kappa shape index (κ1) is 17.0. The van der Waals surface area contributed by atoms with E-state index >= 15 is 0 Å². The van der Waals surface area contributed by atoms with Gasteiger partial charge in [0.25, 0.3) is 0 Å². The molecule has 0 amide bonds. The molecule has 1 aliphatic heterocycles. The molecule has 0 unspecified atom stereocenters. The minimum absolute atomic E-state index is 0.163. The third-order valence-corrected chi connectivity index (χ3v) is 5.36. The van der Waals surface area contributed by atoms with E-state index in [0.29, 0.717) is 36.3 Å². The van der Waals surface area contributed by atoms with E-state index in [-0.39, 0.29) is 18.2 Å². The average molecular weight is 402 g/mol. The van der Waals surface area contributed by atoms with Gasteiger partial charge in [0, 0.05) is 29.3 Å². The second-order valence-electron chi connectivity index (χ2n) is 5.16. The molecule has 1 heterocycles. The van der Waals surface area contributed by atoms with Gasteiger partial charge in [0.15, 0.2) is 0 Å². The van der Waals surface area contributed by atoms with Crippen LogP contribution in [0.25, 0.3) is 0 Å². The highest BCUT2D eigenvalue weighted by atomic mass is 79.9. The number of rotatable bonds is 5. The van der Waals surface area contributed by atoms with Crippen molar-refractivity contribution in [3.8, 4) is 5.75 Å². The summed E-state index contributed by atoms with van der Waals surface area (Å²) in [4.78, 5) is 0. The molecule has 1 aromatic rings. The zero-order valence-corrected chi connectivity index (χ0v) is 14.3. The van der Waals surface area contributed by atoms with Gasteiger partial charge in [-0.2, -0.15) is 0 Å².